The van der Waals surface area contributed by atoms with Crippen molar-refractivity contribution in [3.05, 3.63) is 59.2 Å². The van der Waals surface area contributed by atoms with Gasteiger partial charge in [0, 0.05) is 56.4 Å². The number of piperazine rings is 1. The second kappa shape index (κ2) is 10.8. The van der Waals surface area contributed by atoms with E-state index in [4.69, 9.17) is 4.74 Å². The first-order chi connectivity index (χ1) is 18.3. The monoisotopic (exact) mass is 519 g/mol. The Hall–Kier alpha value is -3.92. The molecule has 0 bridgehead atoms. The molecule has 38 heavy (non-hydrogen) atoms. The van der Waals surface area contributed by atoms with Crippen LogP contribution in [0, 0.1) is 0 Å². The number of anilines is 1. The van der Waals surface area contributed by atoms with Crippen molar-refractivity contribution < 1.29 is 23.9 Å². The Morgan fingerprint density at radius 1 is 1.08 bits per heavy atom. The molecule has 2 N–H and O–H groups in total. The van der Waals surface area contributed by atoms with Crippen LogP contribution in [0.5, 0.6) is 5.75 Å². The zero-order chi connectivity index (χ0) is 26.8. The normalized spacial score (nSPS) is 20.3. The first-order valence-electron chi connectivity index (χ1n) is 13.0. The zero-order valence-corrected chi connectivity index (χ0v) is 21.7. The van der Waals surface area contributed by atoms with Crippen LogP contribution in [0.15, 0.2) is 42.5 Å². The lowest BCUT2D eigenvalue weighted by Gasteiger charge is -2.36. The van der Waals surface area contributed by atoms with Gasteiger partial charge >= 0.3 is 0 Å². The molecule has 2 unspecified atom stereocenters. The number of fused-ring (bicyclic) bond motifs is 1. The van der Waals surface area contributed by atoms with Gasteiger partial charge < -0.3 is 24.8 Å². The van der Waals surface area contributed by atoms with Crippen molar-refractivity contribution in [1.82, 2.24) is 20.4 Å². The molecule has 200 valence electrons. The van der Waals surface area contributed by atoms with Crippen molar-refractivity contribution >= 4 is 29.3 Å². The number of rotatable bonds is 7. The molecule has 5 rings (SSSR count). The van der Waals surface area contributed by atoms with Gasteiger partial charge in [-0.3, -0.25) is 24.5 Å². The van der Waals surface area contributed by atoms with Crippen LogP contribution in [0.3, 0.4) is 0 Å². The summed E-state index contributed by atoms with van der Waals surface area (Å²) in [6.45, 7) is 4.94. The van der Waals surface area contributed by atoms with E-state index >= 15 is 0 Å². The van der Waals surface area contributed by atoms with Crippen LogP contribution < -0.4 is 20.3 Å². The third-order valence-corrected chi connectivity index (χ3v) is 7.68. The van der Waals surface area contributed by atoms with Crippen LogP contribution in [-0.4, -0.2) is 79.3 Å². The average molecular weight is 520 g/mol. The molecular formula is C28H33N5O5. The van der Waals surface area contributed by atoms with Gasteiger partial charge in [-0.2, -0.15) is 0 Å². The van der Waals surface area contributed by atoms with Crippen molar-refractivity contribution in [2.45, 2.75) is 38.4 Å². The van der Waals surface area contributed by atoms with E-state index in [0.29, 0.717) is 50.5 Å². The quantitative estimate of drug-likeness (QED) is 0.533. The van der Waals surface area contributed by atoms with Crippen molar-refractivity contribution in [3.8, 4) is 5.75 Å². The molecule has 4 amide bonds. The Morgan fingerprint density at radius 3 is 2.50 bits per heavy atom. The van der Waals surface area contributed by atoms with Crippen molar-refractivity contribution in [2.75, 3.05) is 44.7 Å². The zero-order valence-electron chi connectivity index (χ0n) is 21.7. The fourth-order valence-corrected chi connectivity index (χ4v) is 5.23. The highest BCUT2D eigenvalue weighted by atomic mass is 16.5. The molecule has 3 heterocycles. The van der Waals surface area contributed by atoms with E-state index in [1.165, 1.54) is 0 Å². The van der Waals surface area contributed by atoms with Crippen LogP contribution >= 0.6 is 0 Å². The number of piperidine rings is 1. The number of hydrogen-bond donors (Lipinski definition) is 2. The first-order valence-corrected chi connectivity index (χ1v) is 13.0. The predicted molar refractivity (Wildman–Crippen MR) is 141 cm³/mol. The number of amides is 4. The highest BCUT2D eigenvalue weighted by Crippen LogP contribution is 2.31. The number of ether oxygens (including phenoxy) is 1. The topological polar surface area (TPSA) is 111 Å². The largest absolute Gasteiger partial charge is 0.484 e. The lowest BCUT2D eigenvalue weighted by Crippen LogP contribution is -2.52. The number of benzene rings is 2. The summed E-state index contributed by atoms with van der Waals surface area (Å²) in [4.78, 5) is 55.0. The van der Waals surface area contributed by atoms with E-state index in [2.05, 4.69) is 22.5 Å². The maximum atomic E-state index is 12.9. The molecule has 2 fully saturated rings. The molecule has 3 aliphatic rings. The smallest absolute Gasteiger partial charge is 0.260 e. The van der Waals surface area contributed by atoms with Gasteiger partial charge in [0.2, 0.25) is 11.8 Å². The molecule has 0 saturated carbocycles. The van der Waals surface area contributed by atoms with Gasteiger partial charge in [0.15, 0.2) is 6.61 Å². The van der Waals surface area contributed by atoms with Crippen molar-refractivity contribution in [3.63, 3.8) is 0 Å². The Bertz CT molecular complexity index is 1240. The second-order valence-electron chi connectivity index (χ2n) is 9.98. The Balaban J connectivity index is 1.13. The SMILES string of the molecule is CNC(C)c1ccc(OCC(=O)N2CCN(c3ccc4c(c3)CN(C3CCC(=O)NC3=O)C4=O)CC2)cc1. The molecule has 10 nitrogen and oxygen atoms in total. The number of imide groups is 1. The van der Waals surface area contributed by atoms with Gasteiger partial charge in [0.05, 0.1) is 0 Å². The van der Waals surface area contributed by atoms with Gasteiger partial charge in [-0.15, -0.1) is 0 Å². The Morgan fingerprint density at radius 2 is 1.82 bits per heavy atom. The van der Waals surface area contributed by atoms with Crippen molar-refractivity contribution in [1.29, 1.82) is 0 Å². The molecule has 2 aromatic carbocycles. The fraction of sp³-hybridized carbons (Fsp3) is 0.429. The van der Waals surface area contributed by atoms with Gasteiger partial charge in [-0.05, 0) is 61.9 Å². The number of carbonyl (C=O) groups excluding carboxylic acids is 4. The number of carbonyl (C=O) groups is 4. The summed E-state index contributed by atoms with van der Waals surface area (Å²) in [6, 6.07) is 13.1. The van der Waals surface area contributed by atoms with E-state index in [1.807, 2.05) is 54.4 Å². The minimum absolute atomic E-state index is 0.00192. The molecule has 0 radical (unpaired) electrons. The molecular weight excluding hydrogens is 486 g/mol. The van der Waals surface area contributed by atoms with E-state index < -0.39 is 11.9 Å². The van der Waals surface area contributed by atoms with E-state index in [9.17, 15) is 19.2 Å². The van der Waals surface area contributed by atoms with Gasteiger partial charge in [-0.25, -0.2) is 0 Å². The van der Waals surface area contributed by atoms with Crippen LogP contribution in [0.1, 0.15) is 47.3 Å². The summed E-state index contributed by atoms with van der Waals surface area (Å²) in [5.74, 6) is -0.259. The third kappa shape index (κ3) is 5.22. The maximum absolute atomic E-state index is 12.9. The molecule has 2 aromatic rings. The summed E-state index contributed by atoms with van der Waals surface area (Å²) in [7, 11) is 1.91. The number of nitrogens with one attached hydrogen (secondary N) is 2. The molecule has 0 aromatic heterocycles. The summed E-state index contributed by atoms with van der Waals surface area (Å²) in [5.41, 5.74) is 3.61. The van der Waals surface area contributed by atoms with Crippen LogP contribution in [-0.2, 0) is 20.9 Å². The first kappa shape index (κ1) is 25.7. The third-order valence-electron chi connectivity index (χ3n) is 7.68. The summed E-state index contributed by atoms with van der Waals surface area (Å²) >= 11 is 0. The Kier molecular flexibility index (Phi) is 7.33. The summed E-state index contributed by atoms with van der Waals surface area (Å²) in [5, 5.41) is 5.53. The summed E-state index contributed by atoms with van der Waals surface area (Å²) in [6.07, 6.45) is 0.579. The Labute approximate surface area is 221 Å². The van der Waals surface area contributed by atoms with Crippen LogP contribution in [0.2, 0.25) is 0 Å². The van der Waals surface area contributed by atoms with Crippen molar-refractivity contribution in [2.24, 2.45) is 0 Å². The highest BCUT2D eigenvalue weighted by molar-refractivity contribution is 6.05. The van der Waals surface area contributed by atoms with E-state index in [-0.39, 0.29) is 36.8 Å². The van der Waals surface area contributed by atoms with Crippen LogP contribution in [0.25, 0.3) is 0 Å². The van der Waals surface area contributed by atoms with E-state index in [1.54, 1.807) is 4.90 Å². The van der Waals surface area contributed by atoms with Crippen LogP contribution in [0.4, 0.5) is 5.69 Å². The van der Waals surface area contributed by atoms with Gasteiger partial charge in [0.25, 0.3) is 11.8 Å². The molecule has 2 saturated heterocycles. The fourth-order valence-electron chi connectivity index (χ4n) is 5.23. The lowest BCUT2D eigenvalue weighted by molar-refractivity contribution is -0.137. The maximum Gasteiger partial charge on any atom is 0.260 e. The number of nitrogens with zero attached hydrogens (tertiary/aromatic N) is 3. The summed E-state index contributed by atoms with van der Waals surface area (Å²) < 4.78 is 5.73. The molecule has 10 heteroatoms. The molecule has 0 aliphatic carbocycles. The second-order valence-corrected chi connectivity index (χ2v) is 9.98. The van der Waals surface area contributed by atoms with Gasteiger partial charge in [-0.1, -0.05) is 12.1 Å². The molecule has 3 aliphatic heterocycles. The van der Waals surface area contributed by atoms with E-state index in [0.717, 1.165) is 16.8 Å². The van der Waals surface area contributed by atoms with Gasteiger partial charge in [0.1, 0.15) is 11.8 Å². The highest BCUT2D eigenvalue weighted by Gasteiger charge is 2.39. The molecule has 0 spiro atoms. The molecule has 2 atom stereocenters. The number of hydrogen-bond acceptors (Lipinski definition) is 7. The standard InChI is InChI=1S/C28H33N5O5/c1-18(29-2)19-3-6-22(7-4-19)38-17-26(35)32-13-11-31(12-14-32)21-5-8-23-20(15-21)16-33(28(23)37)24-9-10-25(34)30-27(24)36/h3-8,15,18,24,29H,9-14,16-17H2,1-2H3,(H,30,34,36). The minimum atomic E-state index is -0.623. The minimum Gasteiger partial charge on any atom is -0.484 e. The lowest BCUT2D eigenvalue weighted by atomic mass is 10.0. The predicted octanol–water partition coefficient (Wildman–Crippen LogP) is 1.46. The average Bonchev–Trinajstić information content (AvgIpc) is 3.26.